The van der Waals surface area contributed by atoms with Gasteiger partial charge >= 0.3 is 0 Å². The monoisotopic (exact) mass is 234 g/mol. The minimum Gasteiger partial charge on any atom is -0.510 e. The maximum atomic E-state index is 13.2. The summed E-state index contributed by atoms with van der Waals surface area (Å²) in [5.41, 5.74) is 0.587. The lowest BCUT2D eigenvalue weighted by atomic mass is 10.2. The van der Waals surface area contributed by atoms with Gasteiger partial charge in [-0.15, -0.1) is 0 Å². The summed E-state index contributed by atoms with van der Waals surface area (Å²) in [6.45, 7) is 0.261. The fraction of sp³-hybridized carbons (Fsp3) is 0.167. The standard InChI is InChI=1S/C12H11FN2O2/c13-10-4-2-1-3-8(10)5-14-6-9-11(16)7-15-12(9)17/h1-4,6,16H,5,7H2,(H,15,17). The van der Waals surface area contributed by atoms with Gasteiger partial charge in [-0.05, 0) is 6.07 Å². The molecule has 1 aromatic carbocycles. The quantitative estimate of drug-likeness (QED) is 0.775. The van der Waals surface area contributed by atoms with Crippen molar-refractivity contribution in [3.05, 3.63) is 47.0 Å². The number of nitrogens with one attached hydrogen (secondary N) is 1. The van der Waals surface area contributed by atoms with Gasteiger partial charge in [-0.2, -0.15) is 0 Å². The Bertz CT molecular complexity index is 509. The Morgan fingerprint density at radius 1 is 1.47 bits per heavy atom. The van der Waals surface area contributed by atoms with Crippen LogP contribution >= 0.6 is 0 Å². The highest BCUT2D eigenvalue weighted by Gasteiger charge is 2.19. The molecule has 1 amide bonds. The molecule has 1 aliphatic rings. The molecule has 1 heterocycles. The number of halogens is 1. The Labute approximate surface area is 97.5 Å². The van der Waals surface area contributed by atoms with Crippen LogP contribution < -0.4 is 5.32 Å². The third kappa shape index (κ3) is 2.50. The SMILES string of the molecule is O=C1NCC(O)=C1C=NCc1ccccc1F. The van der Waals surface area contributed by atoms with Gasteiger partial charge in [0.2, 0.25) is 0 Å². The highest BCUT2D eigenvalue weighted by Crippen LogP contribution is 2.09. The summed E-state index contributed by atoms with van der Waals surface area (Å²) in [7, 11) is 0. The first-order valence-corrected chi connectivity index (χ1v) is 5.12. The van der Waals surface area contributed by atoms with Gasteiger partial charge in [0.15, 0.2) is 0 Å². The Morgan fingerprint density at radius 2 is 2.24 bits per heavy atom. The third-order valence-electron chi connectivity index (χ3n) is 2.41. The van der Waals surface area contributed by atoms with Crippen molar-refractivity contribution in [3.63, 3.8) is 0 Å². The predicted molar refractivity (Wildman–Crippen MR) is 61.3 cm³/mol. The number of nitrogens with zero attached hydrogens (tertiary/aromatic N) is 1. The molecule has 0 saturated heterocycles. The molecule has 2 rings (SSSR count). The zero-order valence-electron chi connectivity index (χ0n) is 8.98. The van der Waals surface area contributed by atoms with Crippen LogP contribution in [0.25, 0.3) is 0 Å². The molecule has 17 heavy (non-hydrogen) atoms. The Hall–Kier alpha value is -2.17. The second-order valence-corrected chi connectivity index (χ2v) is 3.60. The molecule has 0 fully saturated rings. The van der Waals surface area contributed by atoms with Crippen molar-refractivity contribution in [2.75, 3.05) is 6.54 Å². The normalized spacial score (nSPS) is 15.7. The summed E-state index contributed by atoms with van der Waals surface area (Å²) < 4.78 is 13.2. The molecular formula is C12H11FN2O2. The lowest BCUT2D eigenvalue weighted by Crippen LogP contribution is -2.17. The van der Waals surface area contributed by atoms with Gasteiger partial charge in [0.05, 0.1) is 18.7 Å². The van der Waals surface area contributed by atoms with Gasteiger partial charge in [-0.25, -0.2) is 4.39 Å². The Balaban J connectivity index is 2.06. The molecular weight excluding hydrogens is 223 g/mol. The molecule has 0 radical (unpaired) electrons. The van der Waals surface area contributed by atoms with Crippen molar-refractivity contribution in [2.45, 2.75) is 6.54 Å². The molecule has 1 aromatic rings. The summed E-state index contributed by atoms with van der Waals surface area (Å²) in [5.74, 6) is -0.731. The third-order valence-corrected chi connectivity index (χ3v) is 2.41. The number of aliphatic hydroxyl groups is 1. The van der Waals surface area contributed by atoms with Crippen LogP contribution in [0.4, 0.5) is 4.39 Å². The molecule has 5 heteroatoms. The maximum Gasteiger partial charge on any atom is 0.256 e. The minimum absolute atomic E-state index is 0.0349. The molecule has 0 unspecified atom stereocenters. The van der Waals surface area contributed by atoms with Gasteiger partial charge in [0.25, 0.3) is 5.91 Å². The van der Waals surface area contributed by atoms with Crippen LogP contribution in [0.5, 0.6) is 0 Å². The van der Waals surface area contributed by atoms with E-state index >= 15 is 0 Å². The van der Waals surface area contributed by atoms with Gasteiger partial charge in [0.1, 0.15) is 11.6 Å². The van der Waals surface area contributed by atoms with Gasteiger partial charge in [-0.3, -0.25) is 9.79 Å². The number of rotatable bonds is 3. The number of aliphatic hydroxyl groups excluding tert-OH is 1. The summed E-state index contributed by atoms with van der Waals surface area (Å²) >= 11 is 0. The van der Waals surface area contributed by atoms with Crippen molar-refractivity contribution < 1.29 is 14.3 Å². The van der Waals surface area contributed by atoms with E-state index in [4.69, 9.17) is 0 Å². The number of carbonyl (C=O) groups excluding carboxylic acids is 1. The van der Waals surface area contributed by atoms with Crippen LogP contribution in [0.1, 0.15) is 5.56 Å². The molecule has 2 N–H and O–H groups in total. The molecule has 0 aliphatic carbocycles. The zero-order chi connectivity index (χ0) is 12.3. The van der Waals surface area contributed by atoms with E-state index in [0.717, 1.165) is 0 Å². The molecule has 0 saturated carbocycles. The second-order valence-electron chi connectivity index (χ2n) is 3.60. The highest BCUT2D eigenvalue weighted by molar-refractivity contribution is 6.14. The fourth-order valence-electron chi connectivity index (χ4n) is 1.48. The van der Waals surface area contributed by atoms with Crippen LogP contribution in [-0.4, -0.2) is 23.8 Å². The van der Waals surface area contributed by atoms with E-state index in [2.05, 4.69) is 10.3 Å². The van der Waals surface area contributed by atoms with Crippen molar-refractivity contribution in [2.24, 2.45) is 4.99 Å². The molecule has 0 bridgehead atoms. The molecule has 4 nitrogen and oxygen atoms in total. The second kappa shape index (κ2) is 4.78. The molecule has 0 spiro atoms. The van der Waals surface area contributed by atoms with E-state index in [0.29, 0.717) is 5.56 Å². The molecule has 88 valence electrons. The average molecular weight is 234 g/mol. The lowest BCUT2D eigenvalue weighted by molar-refractivity contribution is -0.116. The number of hydrogen-bond acceptors (Lipinski definition) is 3. The summed E-state index contributed by atoms with van der Waals surface area (Å²) in [4.78, 5) is 15.1. The lowest BCUT2D eigenvalue weighted by Gasteiger charge is -1.97. The first-order chi connectivity index (χ1) is 8.18. The van der Waals surface area contributed by atoms with Gasteiger partial charge < -0.3 is 10.4 Å². The van der Waals surface area contributed by atoms with Crippen molar-refractivity contribution >= 4 is 12.1 Å². The van der Waals surface area contributed by atoms with Crippen LogP contribution in [0, 0.1) is 5.82 Å². The first kappa shape index (κ1) is 11.3. The van der Waals surface area contributed by atoms with E-state index in [1.807, 2.05) is 0 Å². The summed E-state index contributed by atoms with van der Waals surface area (Å²) in [6, 6.07) is 6.29. The minimum atomic E-state index is -0.361. The van der Waals surface area contributed by atoms with Crippen molar-refractivity contribution in [1.29, 1.82) is 0 Å². The molecule has 1 aliphatic heterocycles. The van der Waals surface area contributed by atoms with E-state index < -0.39 is 0 Å². The van der Waals surface area contributed by atoms with Crippen LogP contribution in [0.15, 0.2) is 40.6 Å². The number of hydrogen-bond donors (Lipinski definition) is 2. The van der Waals surface area contributed by atoms with Crippen LogP contribution in [0.2, 0.25) is 0 Å². The maximum absolute atomic E-state index is 13.2. The number of amides is 1. The number of carbonyl (C=O) groups is 1. The first-order valence-electron chi connectivity index (χ1n) is 5.12. The highest BCUT2D eigenvalue weighted by atomic mass is 19.1. The van der Waals surface area contributed by atoms with E-state index in [-0.39, 0.29) is 36.1 Å². The zero-order valence-corrected chi connectivity index (χ0v) is 8.98. The van der Waals surface area contributed by atoms with Gasteiger partial charge in [-0.1, -0.05) is 18.2 Å². The van der Waals surface area contributed by atoms with E-state index in [9.17, 15) is 14.3 Å². The Kier molecular flexibility index (Phi) is 3.18. The Morgan fingerprint density at radius 3 is 2.88 bits per heavy atom. The van der Waals surface area contributed by atoms with Crippen molar-refractivity contribution in [1.82, 2.24) is 5.32 Å². The topological polar surface area (TPSA) is 61.7 Å². The molecule has 0 aromatic heterocycles. The van der Waals surface area contributed by atoms with Gasteiger partial charge in [0, 0.05) is 11.8 Å². The molecule has 0 atom stereocenters. The van der Waals surface area contributed by atoms with E-state index in [1.165, 1.54) is 12.3 Å². The average Bonchev–Trinajstić information content (AvgIpc) is 2.63. The number of aliphatic imine (C=N–C) groups is 1. The number of benzene rings is 1. The summed E-state index contributed by atoms with van der Waals surface area (Å²) in [5, 5.41) is 11.8. The van der Waals surface area contributed by atoms with Crippen LogP contribution in [-0.2, 0) is 11.3 Å². The largest absolute Gasteiger partial charge is 0.510 e. The fourth-order valence-corrected chi connectivity index (χ4v) is 1.48. The van der Waals surface area contributed by atoms with E-state index in [1.54, 1.807) is 18.2 Å². The van der Waals surface area contributed by atoms with Crippen LogP contribution in [0.3, 0.4) is 0 Å². The summed E-state index contributed by atoms with van der Waals surface area (Å²) in [6.07, 6.45) is 1.27. The smallest absolute Gasteiger partial charge is 0.256 e. The van der Waals surface area contributed by atoms with Crippen molar-refractivity contribution in [3.8, 4) is 0 Å². The predicted octanol–water partition coefficient (Wildman–Crippen LogP) is 1.34.